The van der Waals surface area contributed by atoms with Crippen LogP contribution < -0.4 is 4.74 Å². The molecule has 0 aromatic heterocycles. The molecule has 0 aliphatic heterocycles. The van der Waals surface area contributed by atoms with E-state index < -0.39 is 5.97 Å². The van der Waals surface area contributed by atoms with Gasteiger partial charge in [0.05, 0.1) is 2.74 Å². The highest BCUT2D eigenvalue weighted by atomic mass is 16.5. The van der Waals surface area contributed by atoms with Crippen molar-refractivity contribution in [3.63, 3.8) is 0 Å². The second-order valence-electron chi connectivity index (χ2n) is 4.71. The molecule has 0 saturated heterocycles. The summed E-state index contributed by atoms with van der Waals surface area (Å²) in [6.45, 7) is 7.07. The van der Waals surface area contributed by atoms with Crippen molar-refractivity contribution in [1.82, 2.24) is 0 Å². The number of esters is 1. The van der Waals surface area contributed by atoms with Crippen molar-refractivity contribution < 1.29 is 12.3 Å². The minimum Gasteiger partial charge on any atom is -0.426 e. The number of carbonyl (C=O) groups excluding carboxylic acids is 1. The lowest BCUT2D eigenvalue weighted by atomic mass is 9.85. The minimum atomic E-state index is -0.405. The van der Waals surface area contributed by atoms with Gasteiger partial charge in [0.1, 0.15) is 5.75 Å². The first-order valence-electron chi connectivity index (χ1n) is 6.18. The molecule has 1 aromatic carbocycles. The Hall–Kier alpha value is -1.57. The summed E-state index contributed by atoms with van der Waals surface area (Å²) in [5, 5.41) is 0. The molecule has 0 aliphatic carbocycles. The monoisotopic (exact) mass is 220 g/mol. The molecular formula is C14H18O2. The van der Waals surface area contributed by atoms with E-state index in [0.717, 1.165) is 5.56 Å². The molecule has 1 rings (SSSR count). The molecule has 0 heterocycles. The van der Waals surface area contributed by atoms with Crippen molar-refractivity contribution in [1.29, 1.82) is 0 Å². The van der Waals surface area contributed by atoms with Gasteiger partial charge in [-0.25, -0.2) is 0 Å². The van der Waals surface area contributed by atoms with Gasteiger partial charge in [0, 0.05) is 18.1 Å². The molecule has 86 valence electrons. The Morgan fingerprint density at radius 2 is 2.19 bits per heavy atom. The van der Waals surface area contributed by atoms with Crippen molar-refractivity contribution in [2.24, 2.45) is 0 Å². The maximum atomic E-state index is 11.2. The Morgan fingerprint density at radius 1 is 1.50 bits per heavy atom. The Balaban J connectivity index is 3.44. The van der Waals surface area contributed by atoms with Crippen LogP contribution in [0.5, 0.6) is 5.75 Å². The minimum absolute atomic E-state index is 0.182. The number of carbonyl (C=O) groups is 1. The van der Waals surface area contributed by atoms with Gasteiger partial charge in [0.15, 0.2) is 0 Å². The van der Waals surface area contributed by atoms with Crippen LogP contribution in [0.2, 0.25) is 0 Å². The van der Waals surface area contributed by atoms with Crippen LogP contribution in [-0.2, 0) is 10.2 Å². The third-order valence-corrected chi connectivity index (χ3v) is 2.25. The maximum absolute atomic E-state index is 11.2. The van der Waals surface area contributed by atoms with Crippen molar-refractivity contribution in [2.45, 2.75) is 33.1 Å². The second kappa shape index (κ2) is 4.52. The van der Waals surface area contributed by atoms with Crippen LogP contribution in [-0.4, -0.2) is 5.97 Å². The second-order valence-corrected chi connectivity index (χ2v) is 4.71. The summed E-state index contributed by atoms with van der Waals surface area (Å²) >= 11 is 0. The molecule has 1 aromatic rings. The summed E-state index contributed by atoms with van der Waals surface area (Å²) in [6, 6.07) is 5.46. The zero-order valence-corrected chi connectivity index (χ0v) is 10.1. The summed E-state index contributed by atoms with van der Waals surface area (Å²) in [7, 11) is 0. The van der Waals surface area contributed by atoms with E-state index in [9.17, 15) is 4.79 Å². The molecule has 0 radical (unpaired) electrons. The summed E-state index contributed by atoms with van der Waals surface area (Å²) in [6.07, 6.45) is 1.37. The molecular weight excluding hydrogens is 200 g/mol. The highest BCUT2D eigenvalue weighted by molar-refractivity contribution is 5.73. The highest BCUT2D eigenvalue weighted by Crippen LogP contribution is 2.34. The fourth-order valence-corrected chi connectivity index (χ4v) is 1.52. The lowest BCUT2D eigenvalue weighted by Gasteiger charge is -2.23. The van der Waals surface area contributed by atoms with Crippen LogP contribution >= 0.6 is 0 Å². The van der Waals surface area contributed by atoms with Gasteiger partial charge in [0.25, 0.3) is 0 Å². The largest absolute Gasteiger partial charge is 0.426 e. The van der Waals surface area contributed by atoms with Crippen LogP contribution in [0.3, 0.4) is 0 Å². The Morgan fingerprint density at radius 3 is 2.69 bits per heavy atom. The molecule has 0 amide bonds. The van der Waals surface area contributed by atoms with E-state index in [1.54, 1.807) is 6.07 Å². The van der Waals surface area contributed by atoms with Gasteiger partial charge in [-0.05, 0) is 5.41 Å². The summed E-state index contributed by atoms with van der Waals surface area (Å²) in [4.78, 5) is 11.2. The fraction of sp³-hybridized carbons (Fsp3) is 0.357. The Bertz CT molecular complexity index is 481. The van der Waals surface area contributed by atoms with E-state index in [1.807, 2.05) is 32.9 Å². The fourth-order valence-electron chi connectivity index (χ4n) is 1.52. The molecule has 2 heteroatoms. The normalized spacial score (nSPS) is 12.5. The zero-order chi connectivity index (χ0) is 13.9. The molecule has 0 N–H and O–H groups in total. The molecule has 0 atom stereocenters. The summed E-state index contributed by atoms with van der Waals surface area (Å²) in [5.41, 5.74) is 1.28. The number of benzene rings is 1. The Kier molecular flexibility index (Phi) is 2.72. The number of hydrogen-bond donors (Lipinski definition) is 0. The first-order valence-corrected chi connectivity index (χ1v) is 5.18. The van der Waals surface area contributed by atoms with Gasteiger partial charge in [0.2, 0.25) is 0 Å². The predicted octanol–water partition coefficient (Wildman–Crippen LogP) is 3.55. The van der Waals surface area contributed by atoms with Crippen LogP contribution in [0, 0.1) is 0 Å². The van der Waals surface area contributed by atoms with Crippen LogP contribution in [0.15, 0.2) is 24.7 Å². The van der Waals surface area contributed by atoms with Gasteiger partial charge in [-0.1, -0.05) is 51.6 Å². The van der Waals surface area contributed by atoms with E-state index in [-0.39, 0.29) is 11.9 Å². The van der Waals surface area contributed by atoms with Crippen molar-refractivity contribution in [3.05, 3.63) is 35.9 Å². The third-order valence-electron chi connectivity index (χ3n) is 2.25. The molecule has 16 heavy (non-hydrogen) atoms. The maximum Gasteiger partial charge on any atom is 0.308 e. The van der Waals surface area contributed by atoms with Crippen molar-refractivity contribution in [3.8, 4) is 5.75 Å². The molecule has 0 aliphatic rings. The van der Waals surface area contributed by atoms with Gasteiger partial charge < -0.3 is 4.74 Å². The van der Waals surface area contributed by atoms with Gasteiger partial charge in [-0.2, -0.15) is 0 Å². The average Bonchev–Trinajstić information content (AvgIpc) is 2.17. The highest BCUT2D eigenvalue weighted by Gasteiger charge is 2.21. The Labute approximate surface area is 99.7 Å². The molecule has 0 unspecified atom stereocenters. The van der Waals surface area contributed by atoms with Crippen molar-refractivity contribution in [2.75, 3.05) is 0 Å². The number of para-hydroxylation sites is 1. The lowest BCUT2D eigenvalue weighted by Crippen LogP contribution is -2.15. The third kappa shape index (κ3) is 2.72. The van der Waals surface area contributed by atoms with Gasteiger partial charge in [-0.3, -0.25) is 4.79 Å². The van der Waals surface area contributed by atoms with Crippen LogP contribution in [0.4, 0.5) is 0 Å². The van der Waals surface area contributed by atoms with Crippen LogP contribution in [0.1, 0.15) is 41.6 Å². The molecule has 0 spiro atoms. The topological polar surface area (TPSA) is 26.3 Å². The number of hydrogen-bond acceptors (Lipinski definition) is 2. The molecule has 0 bridgehead atoms. The number of rotatable bonds is 2. The average molecular weight is 220 g/mol. The quantitative estimate of drug-likeness (QED) is 0.562. The molecule has 0 saturated carbocycles. The smallest absolute Gasteiger partial charge is 0.308 e. The lowest BCUT2D eigenvalue weighted by molar-refractivity contribution is -0.131. The predicted molar refractivity (Wildman–Crippen MR) is 66.5 cm³/mol. The first kappa shape index (κ1) is 9.64. The summed E-state index contributed by atoms with van der Waals surface area (Å²) in [5.74, 6) is 0.0346. The summed E-state index contributed by atoms with van der Waals surface area (Å²) < 4.78 is 19.7. The van der Waals surface area contributed by atoms with E-state index >= 15 is 0 Å². The van der Waals surface area contributed by atoms with Gasteiger partial charge >= 0.3 is 5.97 Å². The van der Waals surface area contributed by atoms with E-state index in [4.69, 9.17) is 7.48 Å². The standard InChI is InChI=1S/C14H18O2/c1-6-11-8-7-9-12(14(3,4)5)13(11)16-10(2)15/h6-9H,1H2,2-5H3/i1D2. The zero-order valence-electron chi connectivity index (χ0n) is 12.1. The SMILES string of the molecule is [2H]C([2H])=Cc1cccc(C(C)(C)C)c1OC(C)=O. The number of ether oxygens (including phenoxy) is 1. The first-order chi connectivity index (χ1) is 8.21. The van der Waals surface area contributed by atoms with Gasteiger partial charge in [-0.15, -0.1) is 0 Å². The van der Waals surface area contributed by atoms with E-state index in [0.29, 0.717) is 11.3 Å². The van der Waals surface area contributed by atoms with E-state index in [2.05, 4.69) is 0 Å². The van der Waals surface area contributed by atoms with Crippen molar-refractivity contribution >= 4 is 12.0 Å². The molecule has 2 nitrogen and oxygen atoms in total. The van der Waals surface area contributed by atoms with E-state index in [1.165, 1.54) is 13.0 Å². The molecule has 0 fully saturated rings. The van der Waals surface area contributed by atoms with Crippen LogP contribution in [0.25, 0.3) is 6.08 Å².